The maximum absolute atomic E-state index is 5.65. The molecule has 2 atom stereocenters. The minimum Gasteiger partial charge on any atom is -0.378 e. The van der Waals surface area contributed by atoms with Crippen molar-refractivity contribution in [2.45, 2.75) is 39.7 Å². The standard InChI is InChI=1S/C9H18O/c1-7(2)9-5-4-8(3)6-10-9/h7-9H,4-6H2,1-3H3/t8-,9-/m0/s1. The zero-order valence-electron chi connectivity index (χ0n) is 7.26. The molecule has 0 unspecified atom stereocenters. The topological polar surface area (TPSA) is 9.23 Å². The van der Waals surface area contributed by atoms with Gasteiger partial charge in [0.2, 0.25) is 0 Å². The van der Waals surface area contributed by atoms with E-state index >= 15 is 0 Å². The van der Waals surface area contributed by atoms with Crippen molar-refractivity contribution >= 4 is 0 Å². The molecule has 0 amide bonds. The van der Waals surface area contributed by atoms with Gasteiger partial charge in [-0.3, -0.25) is 0 Å². The molecular formula is C9H18O. The van der Waals surface area contributed by atoms with Gasteiger partial charge in [0, 0.05) is 6.61 Å². The van der Waals surface area contributed by atoms with Crippen LogP contribution in [0, 0.1) is 11.8 Å². The molecule has 1 fully saturated rings. The third-order valence-electron chi connectivity index (χ3n) is 2.28. The molecule has 1 rings (SSSR count). The third-order valence-corrected chi connectivity index (χ3v) is 2.28. The summed E-state index contributed by atoms with van der Waals surface area (Å²) in [5, 5.41) is 0. The van der Waals surface area contributed by atoms with E-state index in [2.05, 4.69) is 20.8 Å². The number of hydrogen-bond donors (Lipinski definition) is 0. The van der Waals surface area contributed by atoms with Crippen LogP contribution in [0.25, 0.3) is 0 Å². The Morgan fingerprint density at radius 3 is 2.40 bits per heavy atom. The molecule has 0 saturated carbocycles. The Labute approximate surface area is 63.8 Å². The summed E-state index contributed by atoms with van der Waals surface area (Å²) in [7, 11) is 0. The van der Waals surface area contributed by atoms with Crippen LogP contribution in [0.3, 0.4) is 0 Å². The maximum atomic E-state index is 5.65. The minimum atomic E-state index is 0.538. The Morgan fingerprint density at radius 2 is 2.00 bits per heavy atom. The lowest BCUT2D eigenvalue weighted by Crippen LogP contribution is -2.28. The van der Waals surface area contributed by atoms with Gasteiger partial charge in [0.25, 0.3) is 0 Å². The highest BCUT2D eigenvalue weighted by molar-refractivity contribution is 4.69. The molecule has 60 valence electrons. The summed E-state index contributed by atoms with van der Waals surface area (Å²) in [6, 6.07) is 0. The van der Waals surface area contributed by atoms with E-state index in [-0.39, 0.29) is 0 Å². The number of hydrogen-bond acceptors (Lipinski definition) is 1. The van der Waals surface area contributed by atoms with Crippen LogP contribution in [0.2, 0.25) is 0 Å². The summed E-state index contributed by atoms with van der Waals surface area (Å²) >= 11 is 0. The lowest BCUT2D eigenvalue weighted by atomic mass is 9.94. The van der Waals surface area contributed by atoms with Crippen LogP contribution in [0.15, 0.2) is 0 Å². The first kappa shape index (κ1) is 8.06. The average Bonchev–Trinajstić information content (AvgIpc) is 1.88. The van der Waals surface area contributed by atoms with Crippen LogP contribution in [0.1, 0.15) is 33.6 Å². The predicted octanol–water partition coefficient (Wildman–Crippen LogP) is 2.46. The van der Waals surface area contributed by atoms with Gasteiger partial charge in [0.05, 0.1) is 6.10 Å². The molecule has 0 spiro atoms. The van der Waals surface area contributed by atoms with Crippen LogP contribution < -0.4 is 0 Å². The number of rotatable bonds is 1. The Balaban J connectivity index is 2.26. The lowest BCUT2D eigenvalue weighted by Gasteiger charge is -2.29. The van der Waals surface area contributed by atoms with E-state index < -0.39 is 0 Å². The molecule has 1 heterocycles. The van der Waals surface area contributed by atoms with Gasteiger partial charge >= 0.3 is 0 Å². The van der Waals surface area contributed by atoms with Crippen molar-refractivity contribution < 1.29 is 4.74 Å². The van der Waals surface area contributed by atoms with E-state index in [1.165, 1.54) is 12.8 Å². The molecule has 1 heteroatoms. The van der Waals surface area contributed by atoms with E-state index in [4.69, 9.17) is 4.74 Å². The largest absolute Gasteiger partial charge is 0.378 e. The molecule has 0 aromatic heterocycles. The summed E-state index contributed by atoms with van der Waals surface area (Å²) in [6.45, 7) is 7.71. The van der Waals surface area contributed by atoms with Crippen molar-refractivity contribution in [2.75, 3.05) is 6.61 Å². The van der Waals surface area contributed by atoms with Gasteiger partial charge in [-0.2, -0.15) is 0 Å². The van der Waals surface area contributed by atoms with Crippen LogP contribution in [-0.4, -0.2) is 12.7 Å². The molecule has 0 aliphatic carbocycles. The molecule has 0 aromatic rings. The number of ether oxygens (including phenoxy) is 1. The Morgan fingerprint density at radius 1 is 1.30 bits per heavy atom. The van der Waals surface area contributed by atoms with Crippen molar-refractivity contribution in [1.29, 1.82) is 0 Å². The highest BCUT2D eigenvalue weighted by Gasteiger charge is 2.20. The van der Waals surface area contributed by atoms with Gasteiger partial charge in [0.15, 0.2) is 0 Å². The second kappa shape index (κ2) is 3.38. The molecule has 1 aliphatic heterocycles. The van der Waals surface area contributed by atoms with Crippen molar-refractivity contribution in [3.63, 3.8) is 0 Å². The van der Waals surface area contributed by atoms with E-state index in [0.29, 0.717) is 12.0 Å². The quantitative estimate of drug-likeness (QED) is 0.546. The molecule has 0 N–H and O–H groups in total. The molecular weight excluding hydrogens is 124 g/mol. The Kier molecular flexibility index (Phi) is 2.72. The smallest absolute Gasteiger partial charge is 0.0598 e. The van der Waals surface area contributed by atoms with Gasteiger partial charge in [-0.1, -0.05) is 20.8 Å². The molecule has 1 saturated heterocycles. The molecule has 0 bridgehead atoms. The zero-order valence-corrected chi connectivity index (χ0v) is 7.26. The summed E-state index contributed by atoms with van der Waals surface area (Å²) in [5.74, 6) is 1.49. The second-order valence-corrected chi connectivity index (χ2v) is 3.80. The summed E-state index contributed by atoms with van der Waals surface area (Å²) in [6.07, 6.45) is 3.15. The van der Waals surface area contributed by atoms with Crippen LogP contribution in [0.5, 0.6) is 0 Å². The first-order valence-corrected chi connectivity index (χ1v) is 4.31. The predicted molar refractivity (Wildman–Crippen MR) is 43.0 cm³/mol. The fraction of sp³-hybridized carbons (Fsp3) is 1.00. The van der Waals surface area contributed by atoms with E-state index in [1.807, 2.05) is 0 Å². The van der Waals surface area contributed by atoms with Gasteiger partial charge in [0.1, 0.15) is 0 Å². The monoisotopic (exact) mass is 142 g/mol. The zero-order chi connectivity index (χ0) is 7.56. The molecule has 10 heavy (non-hydrogen) atoms. The molecule has 0 radical (unpaired) electrons. The van der Waals surface area contributed by atoms with Crippen LogP contribution >= 0.6 is 0 Å². The molecule has 1 nitrogen and oxygen atoms in total. The van der Waals surface area contributed by atoms with Gasteiger partial charge in [-0.15, -0.1) is 0 Å². The normalized spacial score (nSPS) is 34.8. The lowest BCUT2D eigenvalue weighted by molar-refractivity contribution is -0.0351. The first-order valence-electron chi connectivity index (χ1n) is 4.31. The average molecular weight is 142 g/mol. The fourth-order valence-corrected chi connectivity index (χ4v) is 1.43. The minimum absolute atomic E-state index is 0.538. The van der Waals surface area contributed by atoms with E-state index in [9.17, 15) is 0 Å². The summed E-state index contributed by atoms with van der Waals surface area (Å²) in [5.41, 5.74) is 0. The van der Waals surface area contributed by atoms with Crippen molar-refractivity contribution in [3.8, 4) is 0 Å². The highest BCUT2D eigenvalue weighted by atomic mass is 16.5. The Bertz CT molecular complexity index is 90.9. The van der Waals surface area contributed by atoms with Crippen LogP contribution in [-0.2, 0) is 4.74 Å². The molecule has 1 aliphatic rings. The second-order valence-electron chi connectivity index (χ2n) is 3.80. The van der Waals surface area contributed by atoms with Crippen LogP contribution in [0.4, 0.5) is 0 Å². The molecule has 0 aromatic carbocycles. The van der Waals surface area contributed by atoms with Crippen molar-refractivity contribution in [2.24, 2.45) is 11.8 Å². The van der Waals surface area contributed by atoms with E-state index in [0.717, 1.165) is 12.5 Å². The van der Waals surface area contributed by atoms with E-state index in [1.54, 1.807) is 0 Å². The van der Waals surface area contributed by atoms with Crippen molar-refractivity contribution in [3.05, 3.63) is 0 Å². The van der Waals surface area contributed by atoms with Gasteiger partial charge < -0.3 is 4.74 Å². The maximum Gasteiger partial charge on any atom is 0.0598 e. The third kappa shape index (κ3) is 1.98. The SMILES string of the molecule is CC(C)[C@@H]1CC[C@H](C)CO1. The highest BCUT2D eigenvalue weighted by Crippen LogP contribution is 2.22. The van der Waals surface area contributed by atoms with Crippen molar-refractivity contribution in [1.82, 2.24) is 0 Å². The van der Waals surface area contributed by atoms with Gasteiger partial charge in [-0.25, -0.2) is 0 Å². The van der Waals surface area contributed by atoms with Gasteiger partial charge in [-0.05, 0) is 24.7 Å². The summed E-state index contributed by atoms with van der Waals surface area (Å²) < 4.78 is 5.65. The summed E-state index contributed by atoms with van der Waals surface area (Å²) in [4.78, 5) is 0. The fourth-order valence-electron chi connectivity index (χ4n) is 1.43. The first-order chi connectivity index (χ1) is 4.70. The Hall–Kier alpha value is -0.0400.